The molecule has 0 bridgehead atoms. The van der Waals surface area contributed by atoms with Crippen LogP contribution in [0.5, 0.6) is 0 Å². The zero-order valence-electron chi connectivity index (χ0n) is 29.4. The highest BCUT2D eigenvalue weighted by atomic mass is 32.1. The van der Waals surface area contributed by atoms with Crippen LogP contribution < -0.4 is 5.73 Å². The van der Waals surface area contributed by atoms with Crippen molar-refractivity contribution in [3.05, 3.63) is 103 Å². The molecular weight excluding hydrogens is 605 g/mol. The van der Waals surface area contributed by atoms with E-state index in [0.29, 0.717) is 0 Å². The van der Waals surface area contributed by atoms with Crippen LogP contribution in [0.15, 0.2) is 65.7 Å². The second-order valence-corrected chi connectivity index (χ2v) is 13.9. The molecule has 4 rings (SSSR count). The second kappa shape index (κ2) is 25.1. The van der Waals surface area contributed by atoms with Gasteiger partial charge in [0, 0.05) is 33.0 Å². The number of benzene rings is 2. The standard InChI is InChI=1S/C19H25NS.C10H17NS.C9H10O.C2H6O/c1-4-5-6-7-8-18-11-12-19(21-18)14-20-17-10-9-15(2)16(3)13-17;1-2-3-4-5-6-9-7-8-10(11)12-9;1-7-3-4-9(6-10)5-8(7)2;1-2-3/h9-14H,4-8H2,1-3H3;7-8H,2-6,11H2,1H3;3-6H,1-2H3;3H,2H2,1H3. The number of hydrogen-bond donors (Lipinski definition) is 2. The van der Waals surface area contributed by atoms with E-state index in [1.807, 2.05) is 55.7 Å². The van der Waals surface area contributed by atoms with Crippen LogP contribution in [0, 0.1) is 27.7 Å². The van der Waals surface area contributed by atoms with Crippen LogP contribution in [0.4, 0.5) is 10.7 Å². The molecule has 6 heteroatoms. The summed E-state index contributed by atoms with van der Waals surface area (Å²) >= 11 is 3.59. The van der Waals surface area contributed by atoms with Crippen LogP contribution in [0.1, 0.15) is 119 Å². The first kappa shape index (κ1) is 41.0. The molecule has 2 aromatic carbocycles. The minimum Gasteiger partial charge on any atom is -0.397 e. The van der Waals surface area contributed by atoms with Gasteiger partial charge in [-0.15, -0.1) is 22.7 Å². The maximum Gasteiger partial charge on any atom is 0.150 e. The number of hydrogen-bond acceptors (Lipinski definition) is 6. The molecular formula is C40H58N2O2S2. The highest BCUT2D eigenvalue weighted by Gasteiger charge is 2.00. The molecule has 0 aliphatic carbocycles. The minimum absolute atomic E-state index is 0.250. The van der Waals surface area contributed by atoms with Crippen LogP contribution in [-0.2, 0) is 12.8 Å². The third kappa shape index (κ3) is 18.2. The van der Waals surface area contributed by atoms with Gasteiger partial charge in [-0.25, -0.2) is 0 Å². The summed E-state index contributed by atoms with van der Waals surface area (Å²) in [4.78, 5) is 19.0. The Labute approximate surface area is 287 Å². The average Bonchev–Trinajstić information content (AvgIpc) is 3.69. The molecule has 0 amide bonds. The Hall–Kier alpha value is -3.06. The number of thiophene rings is 2. The van der Waals surface area contributed by atoms with Gasteiger partial charge in [-0.1, -0.05) is 70.6 Å². The van der Waals surface area contributed by atoms with E-state index in [1.54, 1.807) is 18.3 Å². The van der Waals surface area contributed by atoms with E-state index in [-0.39, 0.29) is 6.61 Å². The van der Waals surface area contributed by atoms with Crippen molar-refractivity contribution >= 4 is 45.9 Å². The van der Waals surface area contributed by atoms with Crippen molar-refractivity contribution in [1.82, 2.24) is 0 Å². The minimum atomic E-state index is 0.250. The van der Waals surface area contributed by atoms with Crippen LogP contribution in [0.2, 0.25) is 0 Å². The first-order valence-electron chi connectivity index (χ1n) is 16.8. The summed E-state index contributed by atoms with van der Waals surface area (Å²) in [5.74, 6) is 0. The van der Waals surface area contributed by atoms with E-state index in [1.165, 1.54) is 101 Å². The van der Waals surface area contributed by atoms with Crippen molar-refractivity contribution in [2.75, 3.05) is 12.3 Å². The number of aldehydes is 1. The largest absolute Gasteiger partial charge is 0.397 e. The molecule has 0 radical (unpaired) electrons. The number of nitrogen functional groups attached to an aromatic ring is 1. The summed E-state index contributed by atoms with van der Waals surface area (Å²) in [5, 5.41) is 8.51. The van der Waals surface area contributed by atoms with Gasteiger partial charge in [0.1, 0.15) is 6.29 Å². The van der Waals surface area contributed by atoms with E-state index in [2.05, 4.69) is 69.1 Å². The zero-order chi connectivity index (χ0) is 34.2. The van der Waals surface area contributed by atoms with Gasteiger partial charge in [-0.3, -0.25) is 9.79 Å². The Balaban J connectivity index is 0.000000358. The van der Waals surface area contributed by atoms with Gasteiger partial charge < -0.3 is 10.8 Å². The Morgan fingerprint density at radius 3 is 1.72 bits per heavy atom. The van der Waals surface area contributed by atoms with Crippen LogP contribution in [0.3, 0.4) is 0 Å². The van der Waals surface area contributed by atoms with Gasteiger partial charge in [0.2, 0.25) is 0 Å². The SMILES string of the molecule is CCCCCCc1ccc(C=Nc2ccc(C)c(C)c2)s1.CCCCCCc1ccc(N)s1.CCO.Cc1ccc(C=O)cc1C. The molecule has 252 valence electrons. The molecule has 4 nitrogen and oxygen atoms in total. The number of aliphatic imine (C=N–C) groups is 1. The summed E-state index contributed by atoms with van der Waals surface area (Å²) in [6, 6.07) is 20.6. The predicted molar refractivity (Wildman–Crippen MR) is 206 cm³/mol. The molecule has 3 N–H and O–H groups in total. The van der Waals surface area contributed by atoms with E-state index >= 15 is 0 Å². The third-order valence-electron chi connectivity index (χ3n) is 7.42. The number of anilines is 1. The summed E-state index contributed by atoms with van der Waals surface area (Å²) < 4.78 is 0. The van der Waals surface area contributed by atoms with Crippen molar-refractivity contribution in [1.29, 1.82) is 0 Å². The molecule has 46 heavy (non-hydrogen) atoms. The highest BCUT2D eigenvalue weighted by molar-refractivity contribution is 7.15. The van der Waals surface area contributed by atoms with Gasteiger partial charge in [0.25, 0.3) is 0 Å². The van der Waals surface area contributed by atoms with E-state index in [9.17, 15) is 4.79 Å². The highest BCUT2D eigenvalue weighted by Crippen LogP contribution is 2.22. The fraction of sp³-hybridized carbons (Fsp3) is 0.450. The molecule has 0 unspecified atom stereocenters. The Morgan fingerprint density at radius 2 is 1.22 bits per heavy atom. The molecule has 0 aliphatic rings. The number of unbranched alkanes of at least 4 members (excludes halogenated alkanes) is 6. The summed E-state index contributed by atoms with van der Waals surface area (Å²) in [6.45, 7) is 14.7. The normalized spacial score (nSPS) is 10.3. The third-order valence-corrected chi connectivity index (χ3v) is 9.47. The second-order valence-electron chi connectivity index (χ2n) is 11.5. The molecule has 0 saturated carbocycles. The molecule has 0 spiro atoms. The number of nitrogens with zero attached hydrogens (tertiary/aromatic N) is 1. The lowest BCUT2D eigenvalue weighted by Crippen LogP contribution is -1.84. The molecule has 2 heterocycles. The smallest absolute Gasteiger partial charge is 0.150 e. The molecule has 0 atom stereocenters. The summed E-state index contributed by atoms with van der Waals surface area (Å²) in [5.41, 5.74) is 12.4. The van der Waals surface area contributed by atoms with Crippen molar-refractivity contribution in [2.24, 2.45) is 4.99 Å². The Bertz CT molecular complexity index is 1400. The first-order valence-corrected chi connectivity index (χ1v) is 18.5. The number of aliphatic hydroxyl groups excluding tert-OH is 1. The number of carbonyl (C=O) groups excluding carboxylic acids is 1. The quantitative estimate of drug-likeness (QED) is 0.0849. The molecule has 0 saturated heterocycles. The van der Waals surface area contributed by atoms with Crippen LogP contribution >= 0.6 is 22.7 Å². The number of carbonyl (C=O) groups is 1. The van der Waals surface area contributed by atoms with Gasteiger partial charge in [0.05, 0.1) is 10.7 Å². The summed E-state index contributed by atoms with van der Waals surface area (Å²) in [7, 11) is 0. The van der Waals surface area contributed by atoms with Gasteiger partial charge in [0.15, 0.2) is 0 Å². The van der Waals surface area contributed by atoms with Crippen molar-refractivity contribution in [2.45, 2.75) is 113 Å². The van der Waals surface area contributed by atoms with E-state index in [4.69, 9.17) is 10.8 Å². The zero-order valence-corrected chi connectivity index (χ0v) is 31.0. The fourth-order valence-electron chi connectivity index (χ4n) is 4.36. The molecule has 2 aromatic heterocycles. The van der Waals surface area contributed by atoms with E-state index in [0.717, 1.165) is 22.5 Å². The van der Waals surface area contributed by atoms with Gasteiger partial charge in [-0.05, 0) is 125 Å². The lowest BCUT2D eigenvalue weighted by atomic mass is 10.1. The van der Waals surface area contributed by atoms with Gasteiger partial charge in [-0.2, -0.15) is 0 Å². The number of aryl methyl sites for hydroxylation is 6. The number of aliphatic hydroxyl groups is 1. The van der Waals surface area contributed by atoms with Crippen LogP contribution in [-0.4, -0.2) is 24.2 Å². The van der Waals surface area contributed by atoms with Crippen LogP contribution in [0.25, 0.3) is 0 Å². The van der Waals surface area contributed by atoms with Crippen molar-refractivity contribution in [3.8, 4) is 0 Å². The maximum atomic E-state index is 10.3. The lowest BCUT2D eigenvalue weighted by Gasteiger charge is -1.99. The topological polar surface area (TPSA) is 75.7 Å². The predicted octanol–water partition coefficient (Wildman–Crippen LogP) is 11.8. The van der Waals surface area contributed by atoms with Crippen molar-refractivity contribution in [3.63, 3.8) is 0 Å². The van der Waals surface area contributed by atoms with Gasteiger partial charge >= 0.3 is 0 Å². The molecule has 0 aliphatic heterocycles. The van der Waals surface area contributed by atoms with E-state index < -0.39 is 0 Å². The Kier molecular flexibility index (Phi) is 22.3. The first-order chi connectivity index (χ1) is 22.2. The monoisotopic (exact) mass is 662 g/mol. The average molecular weight is 663 g/mol. The molecule has 0 fully saturated rings. The Morgan fingerprint density at radius 1 is 0.674 bits per heavy atom. The number of nitrogens with two attached hydrogens (primary N) is 1. The van der Waals surface area contributed by atoms with Crippen molar-refractivity contribution < 1.29 is 9.90 Å². The maximum absolute atomic E-state index is 10.3. The lowest BCUT2D eigenvalue weighted by molar-refractivity contribution is 0.112. The summed E-state index contributed by atoms with van der Waals surface area (Å²) in [6.07, 6.45) is 15.9. The fourth-order valence-corrected chi connectivity index (χ4v) is 6.11. The number of rotatable bonds is 13. The molecule has 4 aromatic rings.